The van der Waals surface area contributed by atoms with E-state index in [0.717, 1.165) is 38.3 Å². The average Bonchev–Trinajstić information content (AvgIpc) is 3.25. The zero-order valence-corrected chi connectivity index (χ0v) is 17.7. The third-order valence-electron chi connectivity index (χ3n) is 5.54. The number of hydrogen-bond donors (Lipinski definition) is 2. The lowest BCUT2D eigenvalue weighted by Gasteiger charge is -2.44. The summed E-state index contributed by atoms with van der Waals surface area (Å²) in [6.45, 7) is 5.37. The fourth-order valence-corrected chi connectivity index (χ4v) is 6.46. The van der Waals surface area contributed by atoms with Gasteiger partial charge in [0.05, 0.1) is 12.1 Å². The highest BCUT2D eigenvalue weighted by atomic mass is 32.2. The van der Waals surface area contributed by atoms with Gasteiger partial charge < -0.3 is 10.6 Å². The number of amidine groups is 1. The summed E-state index contributed by atoms with van der Waals surface area (Å²) in [5, 5.41) is 8.95. The first-order chi connectivity index (χ1) is 13.5. The molecule has 2 aliphatic rings. The summed E-state index contributed by atoms with van der Waals surface area (Å²) >= 11 is 1.28. The maximum absolute atomic E-state index is 12.8. The molecule has 6 nitrogen and oxygen atoms in total. The van der Waals surface area contributed by atoms with E-state index in [-0.39, 0.29) is 5.54 Å². The van der Waals surface area contributed by atoms with Crippen LogP contribution < -0.4 is 10.6 Å². The van der Waals surface area contributed by atoms with Crippen molar-refractivity contribution in [3.05, 3.63) is 52.9 Å². The zero-order chi connectivity index (χ0) is 19.6. The van der Waals surface area contributed by atoms with Crippen molar-refractivity contribution in [2.45, 2.75) is 36.1 Å². The quantitative estimate of drug-likeness (QED) is 0.800. The summed E-state index contributed by atoms with van der Waals surface area (Å²) in [5.74, 6) is 0.965. The standard InChI is InChI=1S/C20H26N4O2S2/c1-16-4-6-17(7-5-16)15-22-19-20(23-11-10-21-19)8-12-24(13-9-20)28(25,26)18-3-2-14-27-18/h2-7,14,23H,8-13,15H2,1H3,(H,21,22). The molecule has 8 heteroatoms. The van der Waals surface area contributed by atoms with Crippen LogP contribution in [0.4, 0.5) is 0 Å². The number of thiophene rings is 1. The molecule has 28 heavy (non-hydrogen) atoms. The van der Waals surface area contributed by atoms with Crippen LogP contribution in [0.3, 0.4) is 0 Å². The second-order valence-electron chi connectivity index (χ2n) is 7.41. The van der Waals surface area contributed by atoms with Gasteiger partial charge in [-0.05, 0) is 36.8 Å². The van der Waals surface area contributed by atoms with Crippen molar-refractivity contribution < 1.29 is 8.42 Å². The van der Waals surface area contributed by atoms with Gasteiger partial charge in [-0.3, -0.25) is 4.99 Å². The summed E-state index contributed by atoms with van der Waals surface area (Å²) in [5.41, 5.74) is 2.20. The van der Waals surface area contributed by atoms with Crippen LogP contribution in [0.2, 0.25) is 0 Å². The fraction of sp³-hybridized carbons (Fsp3) is 0.450. The normalized spacial score (nSPS) is 20.1. The van der Waals surface area contributed by atoms with E-state index < -0.39 is 10.0 Å². The highest BCUT2D eigenvalue weighted by Crippen LogP contribution is 2.30. The van der Waals surface area contributed by atoms with E-state index >= 15 is 0 Å². The van der Waals surface area contributed by atoms with Crippen LogP contribution in [0.25, 0.3) is 0 Å². The number of hydrogen-bond acceptors (Lipinski definition) is 6. The van der Waals surface area contributed by atoms with Gasteiger partial charge >= 0.3 is 0 Å². The van der Waals surface area contributed by atoms with Crippen molar-refractivity contribution in [1.82, 2.24) is 14.9 Å². The summed E-state index contributed by atoms with van der Waals surface area (Å²) < 4.78 is 27.7. The van der Waals surface area contributed by atoms with E-state index in [0.29, 0.717) is 17.3 Å². The molecule has 4 rings (SSSR count). The number of benzene rings is 1. The lowest BCUT2D eigenvalue weighted by molar-refractivity contribution is 0.241. The first kappa shape index (κ1) is 19.6. The van der Waals surface area contributed by atoms with Crippen molar-refractivity contribution in [1.29, 1.82) is 0 Å². The Hall–Kier alpha value is -1.74. The lowest BCUT2D eigenvalue weighted by Crippen LogP contribution is -2.64. The molecule has 0 atom stereocenters. The van der Waals surface area contributed by atoms with Crippen molar-refractivity contribution in [2.75, 3.05) is 26.2 Å². The Morgan fingerprint density at radius 1 is 1.21 bits per heavy atom. The minimum atomic E-state index is -3.39. The van der Waals surface area contributed by atoms with Crippen LogP contribution in [0, 0.1) is 6.92 Å². The summed E-state index contributed by atoms with van der Waals surface area (Å²) in [4.78, 5) is 4.75. The molecule has 1 aromatic heterocycles. The minimum Gasteiger partial charge on any atom is -0.368 e. The fourth-order valence-electron chi connectivity index (χ4n) is 3.87. The Labute approximate surface area is 170 Å². The number of aliphatic imine (C=N–C) groups is 1. The molecular weight excluding hydrogens is 392 g/mol. The number of sulfonamides is 1. The SMILES string of the molecule is Cc1ccc(CNC2=NCCNC23CCN(S(=O)(=O)c2cccs2)CC3)cc1. The van der Waals surface area contributed by atoms with Crippen LogP contribution in [-0.2, 0) is 16.6 Å². The summed E-state index contributed by atoms with van der Waals surface area (Å²) in [7, 11) is -3.39. The first-order valence-corrected chi connectivity index (χ1v) is 11.9. The molecule has 2 N–H and O–H groups in total. The Bertz CT molecular complexity index is 929. The van der Waals surface area contributed by atoms with E-state index in [1.165, 1.54) is 22.5 Å². The number of nitrogens with zero attached hydrogens (tertiary/aromatic N) is 2. The van der Waals surface area contributed by atoms with Crippen molar-refractivity contribution in [2.24, 2.45) is 4.99 Å². The topological polar surface area (TPSA) is 73.8 Å². The third kappa shape index (κ3) is 3.87. The summed E-state index contributed by atoms with van der Waals surface area (Å²) in [6.07, 6.45) is 1.44. The Morgan fingerprint density at radius 2 is 1.96 bits per heavy atom. The second-order valence-corrected chi connectivity index (χ2v) is 10.5. The van der Waals surface area contributed by atoms with E-state index in [4.69, 9.17) is 4.99 Å². The monoisotopic (exact) mass is 418 g/mol. The molecule has 0 aliphatic carbocycles. The van der Waals surface area contributed by atoms with Crippen molar-refractivity contribution in [3.63, 3.8) is 0 Å². The van der Waals surface area contributed by atoms with Crippen LogP contribution >= 0.6 is 11.3 Å². The van der Waals surface area contributed by atoms with Gasteiger partial charge in [0.2, 0.25) is 0 Å². The Morgan fingerprint density at radius 3 is 2.64 bits per heavy atom. The molecule has 2 aromatic rings. The van der Waals surface area contributed by atoms with Gasteiger partial charge in [0.15, 0.2) is 0 Å². The molecule has 3 heterocycles. The molecule has 1 aromatic carbocycles. The second kappa shape index (κ2) is 7.94. The highest BCUT2D eigenvalue weighted by molar-refractivity contribution is 7.91. The van der Waals surface area contributed by atoms with Crippen LogP contribution in [-0.4, -0.2) is 50.3 Å². The lowest BCUT2D eigenvalue weighted by atomic mass is 9.85. The van der Waals surface area contributed by atoms with Crippen LogP contribution in [0.15, 0.2) is 51.0 Å². The molecule has 1 saturated heterocycles. The molecule has 0 bridgehead atoms. The Kier molecular flexibility index (Phi) is 5.55. The Balaban J connectivity index is 1.44. The molecule has 150 valence electrons. The summed E-state index contributed by atoms with van der Waals surface area (Å²) in [6, 6.07) is 11.9. The maximum Gasteiger partial charge on any atom is 0.252 e. The van der Waals surface area contributed by atoms with Crippen molar-refractivity contribution >= 4 is 27.2 Å². The number of piperidine rings is 1. The molecular formula is C20H26N4O2S2. The first-order valence-electron chi connectivity index (χ1n) is 9.63. The predicted molar refractivity (Wildman–Crippen MR) is 113 cm³/mol. The van der Waals surface area contributed by atoms with Gasteiger partial charge in [-0.2, -0.15) is 4.31 Å². The average molecular weight is 419 g/mol. The van der Waals surface area contributed by atoms with Gasteiger partial charge in [-0.25, -0.2) is 8.42 Å². The molecule has 0 amide bonds. The number of aryl methyl sites for hydroxylation is 1. The highest BCUT2D eigenvalue weighted by Gasteiger charge is 2.43. The molecule has 0 radical (unpaired) electrons. The number of rotatable bonds is 4. The number of nitrogens with one attached hydrogen (secondary N) is 2. The van der Waals surface area contributed by atoms with Gasteiger partial charge in [-0.15, -0.1) is 11.3 Å². The molecule has 0 unspecified atom stereocenters. The molecule has 2 aliphatic heterocycles. The van der Waals surface area contributed by atoms with E-state index in [1.54, 1.807) is 21.8 Å². The van der Waals surface area contributed by atoms with Gasteiger partial charge in [0, 0.05) is 26.2 Å². The van der Waals surface area contributed by atoms with Crippen molar-refractivity contribution in [3.8, 4) is 0 Å². The van der Waals surface area contributed by atoms with E-state index in [1.807, 2.05) is 0 Å². The predicted octanol–water partition coefficient (Wildman–Crippen LogP) is 2.37. The van der Waals surface area contributed by atoms with Gasteiger partial charge in [0.1, 0.15) is 10.0 Å². The zero-order valence-electron chi connectivity index (χ0n) is 16.0. The van der Waals surface area contributed by atoms with Gasteiger partial charge in [0.25, 0.3) is 10.0 Å². The molecule has 1 spiro atoms. The largest absolute Gasteiger partial charge is 0.368 e. The minimum absolute atomic E-state index is 0.260. The van der Waals surface area contributed by atoms with Gasteiger partial charge in [-0.1, -0.05) is 35.9 Å². The van der Waals surface area contributed by atoms with E-state index in [2.05, 4.69) is 41.8 Å². The molecule has 0 saturated carbocycles. The maximum atomic E-state index is 12.8. The van der Waals surface area contributed by atoms with Crippen LogP contribution in [0.5, 0.6) is 0 Å². The van der Waals surface area contributed by atoms with Crippen LogP contribution in [0.1, 0.15) is 24.0 Å². The third-order valence-corrected chi connectivity index (χ3v) is 8.82. The smallest absolute Gasteiger partial charge is 0.252 e. The molecule has 1 fully saturated rings. The van der Waals surface area contributed by atoms with E-state index in [9.17, 15) is 8.42 Å².